The highest BCUT2D eigenvalue weighted by Gasteiger charge is 2.18. The molecule has 1 aromatic heterocycles. The molecular weight excluding hydrogens is 346 g/mol. The first-order valence-corrected chi connectivity index (χ1v) is 9.49. The molecule has 2 N–H and O–H groups in total. The van der Waals surface area contributed by atoms with Gasteiger partial charge in [0.25, 0.3) is 0 Å². The second-order valence-electron chi connectivity index (χ2n) is 8.21. The van der Waals surface area contributed by atoms with E-state index >= 15 is 0 Å². The summed E-state index contributed by atoms with van der Waals surface area (Å²) in [7, 11) is 4.05. The van der Waals surface area contributed by atoms with Gasteiger partial charge < -0.3 is 15.5 Å². The minimum atomic E-state index is 0.0426. The van der Waals surface area contributed by atoms with Crippen molar-refractivity contribution in [3.63, 3.8) is 0 Å². The number of rotatable bonds is 5. The lowest BCUT2D eigenvalue weighted by Crippen LogP contribution is -2.14. The minimum absolute atomic E-state index is 0.0426. The molecule has 0 spiro atoms. The van der Waals surface area contributed by atoms with Crippen molar-refractivity contribution in [3.05, 3.63) is 65.9 Å². The van der Waals surface area contributed by atoms with Gasteiger partial charge in [-0.1, -0.05) is 39.0 Å². The number of para-hydroxylation sites is 1. The van der Waals surface area contributed by atoms with Gasteiger partial charge in [0.05, 0.1) is 0 Å². The van der Waals surface area contributed by atoms with Crippen LogP contribution in [0.2, 0.25) is 0 Å². The van der Waals surface area contributed by atoms with Crippen molar-refractivity contribution in [3.8, 4) is 0 Å². The monoisotopic (exact) mass is 375 g/mol. The van der Waals surface area contributed by atoms with E-state index in [2.05, 4.69) is 76.6 Å². The first-order chi connectivity index (χ1) is 13.2. The van der Waals surface area contributed by atoms with Gasteiger partial charge in [0.15, 0.2) is 0 Å². The summed E-state index contributed by atoms with van der Waals surface area (Å²) in [5, 5.41) is 6.77. The maximum atomic E-state index is 4.66. The molecule has 5 heteroatoms. The molecule has 0 atom stereocenters. The van der Waals surface area contributed by atoms with Crippen LogP contribution >= 0.6 is 0 Å². The number of aryl methyl sites for hydroxylation is 1. The summed E-state index contributed by atoms with van der Waals surface area (Å²) in [6.45, 7) is 8.61. The number of aromatic nitrogens is 2. The predicted molar refractivity (Wildman–Crippen MR) is 119 cm³/mol. The minimum Gasteiger partial charge on any atom is -0.378 e. The fraction of sp³-hybridized carbons (Fsp3) is 0.304. The van der Waals surface area contributed by atoms with E-state index in [9.17, 15) is 0 Å². The highest BCUT2D eigenvalue weighted by molar-refractivity contribution is 5.65. The number of hydrogen-bond donors (Lipinski definition) is 2. The Morgan fingerprint density at radius 3 is 2.18 bits per heavy atom. The first kappa shape index (κ1) is 19.7. The van der Waals surface area contributed by atoms with E-state index in [1.807, 2.05) is 45.3 Å². The van der Waals surface area contributed by atoms with E-state index in [-0.39, 0.29) is 5.41 Å². The third-order valence-electron chi connectivity index (χ3n) is 4.49. The Kier molecular flexibility index (Phi) is 5.54. The molecule has 28 heavy (non-hydrogen) atoms. The van der Waals surface area contributed by atoms with Crippen LogP contribution in [0.3, 0.4) is 0 Å². The lowest BCUT2D eigenvalue weighted by Gasteiger charge is -2.23. The zero-order chi connectivity index (χ0) is 20.3. The average Bonchev–Trinajstić information content (AvgIpc) is 2.61. The van der Waals surface area contributed by atoms with Crippen LogP contribution in [0.15, 0.2) is 54.6 Å². The molecule has 0 unspecified atom stereocenters. The van der Waals surface area contributed by atoms with Crippen molar-refractivity contribution in [2.75, 3.05) is 29.6 Å². The van der Waals surface area contributed by atoms with Crippen molar-refractivity contribution in [1.82, 2.24) is 9.97 Å². The van der Waals surface area contributed by atoms with Crippen LogP contribution in [-0.2, 0) is 5.41 Å². The Balaban J connectivity index is 1.84. The molecule has 0 saturated heterocycles. The Labute approximate surface area is 167 Å². The number of benzene rings is 2. The fourth-order valence-corrected chi connectivity index (χ4v) is 3.04. The Hall–Kier alpha value is -3.08. The molecule has 0 bridgehead atoms. The Morgan fingerprint density at radius 2 is 1.54 bits per heavy atom. The number of nitrogens with zero attached hydrogens (tertiary/aromatic N) is 3. The van der Waals surface area contributed by atoms with Crippen molar-refractivity contribution in [2.45, 2.75) is 33.1 Å². The molecule has 1 heterocycles. The molecule has 0 saturated carbocycles. The van der Waals surface area contributed by atoms with Gasteiger partial charge >= 0.3 is 0 Å². The van der Waals surface area contributed by atoms with E-state index in [1.165, 1.54) is 5.56 Å². The third kappa shape index (κ3) is 4.80. The van der Waals surface area contributed by atoms with Gasteiger partial charge in [0.1, 0.15) is 5.82 Å². The topological polar surface area (TPSA) is 53.1 Å². The number of hydrogen-bond acceptors (Lipinski definition) is 5. The molecule has 2 aromatic carbocycles. The van der Waals surface area contributed by atoms with E-state index in [0.717, 1.165) is 28.6 Å². The molecule has 0 fully saturated rings. The Bertz CT molecular complexity index is 940. The van der Waals surface area contributed by atoms with Crippen molar-refractivity contribution < 1.29 is 0 Å². The highest BCUT2D eigenvalue weighted by atomic mass is 15.1. The SMILES string of the molecule is Cc1cc(Nc2ccccc2C(C)(C)C)nc(Nc2ccc(N(C)C)cc2)n1. The molecule has 3 rings (SSSR count). The van der Waals surface area contributed by atoms with Gasteiger partial charge in [0.2, 0.25) is 5.95 Å². The zero-order valence-electron chi connectivity index (χ0n) is 17.5. The standard InChI is InChI=1S/C23H29N5/c1-16-15-21(26-20-10-8-7-9-19(20)23(2,3)4)27-22(24-16)25-17-11-13-18(14-12-17)28(5)6/h7-15H,1-6H3,(H2,24,25,26,27). The normalized spacial score (nSPS) is 11.2. The molecule has 0 radical (unpaired) electrons. The fourth-order valence-electron chi connectivity index (χ4n) is 3.04. The molecule has 0 aliphatic heterocycles. The summed E-state index contributed by atoms with van der Waals surface area (Å²) in [5.74, 6) is 1.35. The lowest BCUT2D eigenvalue weighted by molar-refractivity contribution is 0.592. The first-order valence-electron chi connectivity index (χ1n) is 9.49. The van der Waals surface area contributed by atoms with E-state index < -0.39 is 0 Å². The molecule has 5 nitrogen and oxygen atoms in total. The predicted octanol–water partition coefficient (Wildman–Crippen LogP) is 5.64. The largest absolute Gasteiger partial charge is 0.378 e. The summed E-state index contributed by atoms with van der Waals surface area (Å²) >= 11 is 0. The van der Waals surface area contributed by atoms with Gasteiger partial charge in [-0.15, -0.1) is 0 Å². The summed E-state index contributed by atoms with van der Waals surface area (Å²) in [6.07, 6.45) is 0. The smallest absolute Gasteiger partial charge is 0.229 e. The van der Waals surface area contributed by atoms with Crippen LogP contribution in [-0.4, -0.2) is 24.1 Å². The molecule has 0 aliphatic carbocycles. The maximum Gasteiger partial charge on any atom is 0.229 e. The summed E-state index contributed by atoms with van der Waals surface area (Å²) in [5.41, 5.74) is 5.36. The number of anilines is 5. The van der Waals surface area contributed by atoms with E-state index in [1.54, 1.807) is 0 Å². The van der Waals surface area contributed by atoms with Gasteiger partial charge in [-0.25, -0.2) is 4.98 Å². The maximum absolute atomic E-state index is 4.66. The second kappa shape index (κ2) is 7.89. The van der Waals surface area contributed by atoms with Gasteiger partial charge in [0, 0.05) is 42.9 Å². The second-order valence-corrected chi connectivity index (χ2v) is 8.21. The van der Waals surface area contributed by atoms with Crippen LogP contribution in [0.1, 0.15) is 32.0 Å². The molecule has 146 valence electrons. The van der Waals surface area contributed by atoms with Crippen LogP contribution < -0.4 is 15.5 Å². The quantitative estimate of drug-likeness (QED) is 0.605. The average molecular weight is 376 g/mol. The highest BCUT2D eigenvalue weighted by Crippen LogP contribution is 2.31. The lowest BCUT2D eigenvalue weighted by atomic mass is 9.86. The van der Waals surface area contributed by atoms with E-state index in [4.69, 9.17) is 0 Å². The van der Waals surface area contributed by atoms with Crippen molar-refractivity contribution in [1.29, 1.82) is 0 Å². The van der Waals surface area contributed by atoms with E-state index in [0.29, 0.717) is 5.95 Å². The van der Waals surface area contributed by atoms with Crippen LogP contribution in [0.5, 0.6) is 0 Å². The van der Waals surface area contributed by atoms with Crippen molar-refractivity contribution in [2.24, 2.45) is 0 Å². The zero-order valence-corrected chi connectivity index (χ0v) is 17.5. The van der Waals surface area contributed by atoms with Gasteiger partial charge in [-0.3, -0.25) is 0 Å². The van der Waals surface area contributed by atoms with Crippen LogP contribution in [0, 0.1) is 6.92 Å². The van der Waals surface area contributed by atoms with Crippen LogP contribution in [0.25, 0.3) is 0 Å². The van der Waals surface area contributed by atoms with Crippen molar-refractivity contribution >= 4 is 28.8 Å². The molecular formula is C23H29N5. The summed E-state index contributed by atoms with van der Waals surface area (Å²) in [4.78, 5) is 11.3. The number of nitrogens with one attached hydrogen (secondary N) is 2. The van der Waals surface area contributed by atoms with Gasteiger partial charge in [-0.05, 0) is 48.2 Å². The van der Waals surface area contributed by atoms with Crippen LogP contribution in [0.4, 0.5) is 28.8 Å². The summed E-state index contributed by atoms with van der Waals surface area (Å²) < 4.78 is 0. The van der Waals surface area contributed by atoms with Gasteiger partial charge in [-0.2, -0.15) is 4.98 Å². The molecule has 0 aliphatic rings. The Morgan fingerprint density at radius 1 is 0.857 bits per heavy atom. The molecule has 3 aromatic rings. The third-order valence-corrected chi connectivity index (χ3v) is 4.49. The molecule has 0 amide bonds. The summed E-state index contributed by atoms with van der Waals surface area (Å²) in [6, 6.07) is 18.5.